The third-order valence-corrected chi connectivity index (χ3v) is 6.39. The van der Waals surface area contributed by atoms with E-state index in [0.717, 1.165) is 46.5 Å². The Labute approximate surface area is 167 Å². The molecule has 0 radical (unpaired) electrons. The normalized spacial score (nSPS) is 14.4. The van der Waals surface area contributed by atoms with Gasteiger partial charge in [0.05, 0.1) is 17.4 Å². The maximum absolute atomic E-state index is 12.5. The van der Waals surface area contributed by atoms with Gasteiger partial charge in [0.15, 0.2) is 0 Å². The zero-order valence-electron chi connectivity index (χ0n) is 15.6. The summed E-state index contributed by atoms with van der Waals surface area (Å²) in [5, 5.41) is 5.17. The molecule has 0 aromatic heterocycles. The van der Waals surface area contributed by atoms with Crippen molar-refractivity contribution in [2.45, 2.75) is 30.6 Å². The molecular weight excluding hydrogens is 370 g/mol. The van der Waals surface area contributed by atoms with Crippen molar-refractivity contribution in [3.05, 3.63) is 66.2 Å². The van der Waals surface area contributed by atoms with E-state index in [1.807, 2.05) is 54.6 Å². The molecule has 5 heteroatoms. The zero-order valence-corrected chi connectivity index (χ0v) is 16.5. The number of hydrogen-bond acceptors (Lipinski definition) is 3. The topological polar surface area (TPSA) is 55.4 Å². The van der Waals surface area contributed by atoms with E-state index in [2.05, 4.69) is 11.4 Å². The second-order valence-electron chi connectivity index (χ2n) is 6.98. The molecule has 144 valence electrons. The summed E-state index contributed by atoms with van der Waals surface area (Å²) < 4.78 is 18.4. The molecule has 3 aromatic rings. The van der Waals surface area contributed by atoms with Crippen LogP contribution >= 0.6 is 0 Å². The summed E-state index contributed by atoms with van der Waals surface area (Å²) in [4.78, 5) is 12.3. The van der Waals surface area contributed by atoms with Crippen LogP contribution in [-0.4, -0.2) is 22.5 Å². The predicted octanol–water partition coefficient (Wildman–Crippen LogP) is 4.69. The molecule has 0 saturated heterocycles. The van der Waals surface area contributed by atoms with Crippen LogP contribution in [0.4, 0.5) is 5.69 Å². The SMILES string of the molecule is O=C1CCc2cc(OCCCCS(=O)c3ccc4ccccc4c3)ccc2N1. The number of aryl methyl sites for hydroxylation is 1. The van der Waals surface area contributed by atoms with Gasteiger partial charge >= 0.3 is 0 Å². The standard InChI is InChI=1S/C23H23NO3S/c25-23-12-8-19-15-20(9-11-22(19)24-23)27-13-3-4-14-28(26)21-10-7-17-5-1-2-6-18(17)16-21/h1-2,5-7,9-11,15-16H,3-4,8,12-14H2,(H,24,25). The molecule has 0 aliphatic carbocycles. The summed E-state index contributed by atoms with van der Waals surface area (Å²) in [6.07, 6.45) is 2.98. The number of ether oxygens (including phenoxy) is 1. The van der Waals surface area contributed by atoms with E-state index in [1.54, 1.807) is 0 Å². The lowest BCUT2D eigenvalue weighted by atomic mass is 10.0. The third kappa shape index (κ3) is 4.42. The minimum Gasteiger partial charge on any atom is -0.494 e. The number of nitrogens with one attached hydrogen (secondary N) is 1. The fraction of sp³-hybridized carbons (Fsp3) is 0.261. The van der Waals surface area contributed by atoms with Gasteiger partial charge in [-0.3, -0.25) is 9.00 Å². The minimum atomic E-state index is -0.988. The van der Waals surface area contributed by atoms with Crippen molar-refractivity contribution in [1.29, 1.82) is 0 Å². The van der Waals surface area contributed by atoms with Gasteiger partial charge < -0.3 is 10.1 Å². The highest BCUT2D eigenvalue weighted by molar-refractivity contribution is 7.85. The molecule has 1 aliphatic rings. The lowest BCUT2D eigenvalue weighted by Gasteiger charge is -2.17. The number of anilines is 1. The zero-order chi connectivity index (χ0) is 19.3. The lowest BCUT2D eigenvalue weighted by Crippen LogP contribution is -2.18. The minimum absolute atomic E-state index is 0.0700. The number of fused-ring (bicyclic) bond motifs is 2. The van der Waals surface area contributed by atoms with Crippen LogP contribution in [0.5, 0.6) is 5.75 Å². The summed E-state index contributed by atoms with van der Waals surface area (Å²) in [7, 11) is -0.988. The van der Waals surface area contributed by atoms with Crippen LogP contribution < -0.4 is 10.1 Å². The molecule has 1 N–H and O–H groups in total. The third-order valence-electron chi connectivity index (χ3n) is 4.95. The van der Waals surface area contributed by atoms with E-state index in [-0.39, 0.29) is 5.91 Å². The van der Waals surface area contributed by atoms with Crippen molar-refractivity contribution in [2.75, 3.05) is 17.7 Å². The van der Waals surface area contributed by atoms with E-state index < -0.39 is 10.8 Å². The number of benzene rings is 3. The Hall–Kier alpha value is -2.66. The van der Waals surface area contributed by atoms with Gasteiger partial charge in [0.2, 0.25) is 5.91 Å². The first kappa shape index (κ1) is 18.7. The summed E-state index contributed by atoms with van der Waals surface area (Å²) in [6, 6.07) is 19.9. The highest BCUT2D eigenvalue weighted by atomic mass is 32.2. The largest absolute Gasteiger partial charge is 0.494 e. The van der Waals surface area contributed by atoms with E-state index in [9.17, 15) is 9.00 Å². The highest BCUT2D eigenvalue weighted by Gasteiger charge is 2.15. The molecule has 0 fully saturated rings. The molecule has 4 rings (SSSR count). The Bertz CT molecular complexity index is 1030. The van der Waals surface area contributed by atoms with Crippen molar-refractivity contribution in [3.8, 4) is 5.75 Å². The first-order chi connectivity index (χ1) is 13.7. The Morgan fingerprint density at radius 2 is 1.79 bits per heavy atom. The van der Waals surface area contributed by atoms with Gasteiger partial charge in [0.1, 0.15) is 5.75 Å². The van der Waals surface area contributed by atoms with Crippen molar-refractivity contribution < 1.29 is 13.7 Å². The summed E-state index contributed by atoms with van der Waals surface area (Å²) in [5.74, 6) is 1.53. The van der Waals surface area contributed by atoms with Gasteiger partial charge in [0, 0.05) is 22.8 Å². The molecule has 4 nitrogen and oxygen atoms in total. The highest BCUT2D eigenvalue weighted by Crippen LogP contribution is 2.27. The van der Waals surface area contributed by atoms with E-state index >= 15 is 0 Å². The molecule has 1 amide bonds. The molecule has 0 bridgehead atoms. The molecule has 1 unspecified atom stereocenters. The molecule has 28 heavy (non-hydrogen) atoms. The molecule has 3 aromatic carbocycles. The first-order valence-corrected chi connectivity index (χ1v) is 10.9. The number of hydrogen-bond donors (Lipinski definition) is 1. The van der Waals surface area contributed by atoms with Crippen LogP contribution in [0.25, 0.3) is 10.8 Å². The average molecular weight is 394 g/mol. The number of amides is 1. The number of carbonyl (C=O) groups is 1. The van der Waals surface area contributed by atoms with Crippen LogP contribution in [-0.2, 0) is 22.0 Å². The van der Waals surface area contributed by atoms with Gasteiger partial charge in [0.25, 0.3) is 0 Å². The Kier molecular flexibility index (Phi) is 5.72. The van der Waals surface area contributed by atoms with Gasteiger partial charge in [-0.2, -0.15) is 0 Å². The molecule has 1 aliphatic heterocycles. The fourth-order valence-electron chi connectivity index (χ4n) is 3.40. The van der Waals surface area contributed by atoms with Crippen LogP contribution in [0.2, 0.25) is 0 Å². The van der Waals surface area contributed by atoms with Gasteiger partial charge in [-0.25, -0.2) is 0 Å². The van der Waals surface area contributed by atoms with Gasteiger partial charge in [-0.05, 0) is 65.9 Å². The predicted molar refractivity (Wildman–Crippen MR) is 113 cm³/mol. The molecular formula is C23H23NO3S. The number of rotatable bonds is 7. The summed E-state index contributed by atoms with van der Waals surface area (Å²) in [5.41, 5.74) is 2.00. The van der Waals surface area contributed by atoms with Crippen molar-refractivity contribution in [1.82, 2.24) is 0 Å². The van der Waals surface area contributed by atoms with E-state index in [1.165, 1.54) is 5.39 Å². The smallest absolute Gasteiger partial charge is 0.224 e. The van der Waals surface area contributed by atoms with Crippen molar-refractivity contribution in [3.63, 3.8) is 0 Å². The van der Waals surface area contributed by atoms with E-state index in [4.69, 9.17) is 4.74 Å². The Balaban J connectivity index is 1.24. The van der Waals surface area contributed by atoms with Gasteiger partial charge in [-0.1, -0.05) is 30.3 Å². The van der Waals surface area contributed by atoms with Gasteiger partial charge in [-0.15, -0.1) is 0 Å². The average Bonchev–Trinajstić information content (AvgIpc) is 2.73. The second kappa shape index (κ2) is 8.57. The Morgan fingerprint density at radius 3 is 2.68 bits per heavy atom. The number of carbonyl (C=O) groups excluding carboxylic acids is 1. The monoisotopic (exact) mass is 393 g/mol. The maximum atomic E-state index is 12.5. The van der Waals surface area contributed by atoms with Crippen molar-refractivity contribution >= 4 is 33.2 Å². The van der Waals surface area contributed by atoms with Crippen LogP contribution in [0.1, 0.15) is 24.8 Å². The lowest BCUT2D eigenvalue weighted by molar-refractivity contribution is -0.116. The van der Waals surface area contributed by atoms with Crippen LogP contribution in [0, 0.1) is 0 Å². The van der Waals surface area contributed by atoms with Crippen LogP contribution in [0.3, 0.4) is 0 Å². The number of unbranched alkanes of at least 4 members (excludes halogenated alkanes) is 1. The molecule has 1 atom stereocenters. The maximum Gasteiger partial charge on any atom is 0.224 e. The second-order valence-corrected chi connectivity index (χ2v) is 8.55. The summed E-state index contributed by atoms with van der Waals surface area (Å²) >= 11 is 0. The fourth-order valence-corrected chi connectivity index (χ4v) is 4.58. The Morgan fingerprint density at radius 1 is 0.929 bits per heavy atom. The summed E-state index contributed by atoms with van der Waals surface area (Å²) in [6.45, 7) is 0.597. The van der Waals surface area contributed by atoms with Crippen molar-refractivity contribution in [2.24, 2.45) is 0 Å². The van der Waals surface area contributed by atoms with E-state index in [0.29, 0.717) is 18.8 Å². The van der Waals surface area contributed by atoms with Crippen LogP contribution in [0.15, 0.2) is 65.6 Å². The quantitative estimate of drug-likeness (QED) is 0.593. The molecule has 1 heterocycles. The molecule has 0 saturated carbocycles. The molecule has 0 spiro atoms. The first-order valence-electron chi connectivity index (χ1n) is 9.62.